The van der Waals surface area contributed by atoms with Gasteiger partial charge in [-0.05, 0) is 31.1 Å². The molecule has 2 amide bonds. The predicted octanol–water partition coefficient (Wildman–Crippen LogP) is 1.94. The van der Waals surface area contributed by atoms with Crippen LogP contribution in [0, 0.1) is 11.8 Å². The third-order valence-electron chi connectivity index (χ3n) is 4.19. The maximum absolute atomic E-state index is 12.4. The summed E-state index contributed by atoms with van der Waals surface area (Å²) in [7, 11) is 0. The number of carbonyl (C=O) groups is 2. The highest BCUT2D eigenvalue weighted by molar-refractivity contribution is 5.94. The van der Waals surface area contributed by atoms with E-state index in [4.69, 9.17) is 0 Å². The Balaban J connectivity index is 1.94. The molecule has 0 aromatic rings. The van der Waals surface area contributed by atoms with Gasteiger partial charge in [-0.3, -0.25) is 9.59 Å². The molecule has 0 aromatic heterocycles. The van der Waals surface area contributed by atoms with Crippen molar-refractivity contribution in [2.75, 3.05) is 13.1 Å². The van der Waals surface area contributed by atoms with Crippen molar-refractivity contribution in [3.05, 3.63) is 0 Å². The number of hydrogen-bond donors (Lipinski definition) is 1. The zero-order chi connectivity index (χ0) is 13.8. The molecule has 2 aliphatic rings. The molecule has 4 heteroatoms. The Bertz CT molecular complexity index is 335. The quantitative estimate of drug-likeness (QED) is 0.845. The van der Waals surface area contributed by atoms with Gasteiger partial charge in [0.25, 0.3) is 0 Å². The predicted molar refractivity (Wildman–Crippen MR) is 74.5 cm³/mol. The Morgan fingerprint density at radius 1 is 1.21 bits per heavy atom. The Kier molecular flexibility index (Phi) is 4.83. The third kappa shape index (κ3) is 3.95. The van der Waals surface area contributed by atoms with Gasteiger partial charge in [-0.1, -0.05) is 33.1 Å². The van der Waals surface area contributed by atoms with Crippen LogP contribution in [-0.2, 0) is 9.59 Å². The fraction of sp³-hybridized carbons (Fsp3) is 0.867. The Labute approximate surface area is 115 Å². The molecule has 1 N–H and O–H groups in total. The SMILES string of the molecule is CC(C)CC1NC(=O)CN(CC2CCCCC2)C1=O. The minimum Gasteiger partial charge on any atom is -0.343 e. The van der Waals surface area contributed by atoms with Gasteiger partial charge < -0.3 is 10.2 Å². The smallest absolute Gasteiger partial charge is 0.245 e. The second-order valence-electron chi connectivity index (χ2n) is 6.47. The number of hydrogen-bond acceptors (Lipinski definition) is 2. The van der Waals surface area contributed by atoms with Crippen molar-refractivity contribution in [2.24, 2.45) is 11.8 Å². The summed E-state index contributed by atoms with van der Waals surface area (Å²) in [4.78, 5) is 25.9. The summed E-state index contributed by atoms with van der Waals surface area (Å²) in [5.41, 5.74) is 0. The largest absolute Gasteiger partial charge is 0.343 e. The normalized spacial score (nSPS) is 25.8. The second-order valence-corrected chi connectivity index (χ2v) is 6.47. The van der Waals surface area contributed by atoms with E-state index in [-0.39, 0.29) is 24.4 Å². The van der Waals surface area contributed by atoms with E-state index < -0.39 is 0 Å². The van der Waals surface area contributed by atoms with Crippen molar-refractivity contribution in [1.82, 2.24) is 10.2 Å². The third-order valence-corrected chi connectivity index (χ3v) is 4.19. The number of nitrogens with one attached hydrogen (secondary N) is 1. The summed E-state index contributed by atoms with van der Waals surface area (Å²) in [6.07, 6.45) is 7.02. The van der Waals surface area contributed by atoms with E-state index in [0.29, 0.717) is 11.8 Å². The maximum Gasteiger partial charge on any atom is 0.245 e. The van der Waals surface area contributed by atoms with Crippen LogP contribution >= 0.6 is 0 Å². The van der Waals surface area contributed by atoms with Crippen molar-refractivity contribution in [1.29, 1.82) is 0 Å². The minimum absolute atomic E-state index is 0.000981. The number of piperazine rings is 1. The van der Waals surface area contributed by atoms with E-state index in [0.717, 1.165) is 13.0 Å². The fourth-order valence-electron chi connectivity index (χ4n) is 3.24. The number of amides is 2. The molecule has 0 radical (unpaired) electrons. The van der Waals surface area contributed by atoms with Gasteiger partial charge >= 0.3 is 0 Å². The first-order valence-corrected chi connectivity index (χ1v) is 7.64. The first-order chi connectivity index (χ1) is 9.06. The van der Waals surface area contributed by atoms with Gasteiger partial charge in [0, 0.05) is 6.54 Å². The molecule has 108 valence electrons. The van der Waals surface area contributed by atoms with E-state index in [9.17, 15) is 9.59 Å². The van der Waals surface area contributed by atoms with Crippen LogP contribution in [-0.4, -0.2) is 35.8 Å². The molecular formula is C15H26N2O2. The first-order valence-electron chi connectivity index (χ1n) is 7.64. The highest BCUT2D eigenvalue weighted by atomic mass is 16.2. The highest BCUT2D eigenvalue weighted by Gasteiger charge is 2.34. The van der Waals surface area contributed by atoms with Gasteiger partial charge in [-0.25, -0.2) is 0 Å². The molecule has 1 saturated heterocycles. The maximum atomic E-state index is 12.4. The van der Waals surface area contributed by atoms with Crippen LogP contribution in [0.25, 0.3) is 0 Å². The molecule has 0 aromatic carbocycles. The van der Waals surface area contributed by atoms with E-state index in [1.54, 1.807) is 4.90 Å². The van der Waals surface area contributed by atoms with Gasteiger partial charge in [-0.15, -0.1) is 0 Å². The van der Waals surface area contributed by atoms with Crippen LogP contribution in [0.4, 0.5) is 0 Å². The molecule has 2 rings (SSSR count). The van der Waals surface area contributed by atoms with Crippen LogP contribution in [0.1, 0.15) is 52.4 Å². The second kappa shape index (κ2) is 6.40. The summed E-state index contributed by atoms with van der Waals surface area (Å²) in [5.74, 6) is 1.15. The summed E-state index contributed by atoms with van der Waals surface area (Å²) >= 11 is 0. The average molecular weight is 266 g/mol. The summed E-state index contributed by atoms with van der Waals surface area (Å²) in [5, 5.41) is 2.83. The zero-order valence-corrected chi connectivity index (χ0v) is 12.2. The summed E-state index contributed by atoms with van der Waals surface area (Å²) in [6, 6.07) is -0.301. The Morgan fingerprint density at radius 3 is 2.53 bits per heavy atom. The molecule has 0 bridgehead atoms. The van der Waals surface area contributed by atoms with Gasteiger partial charge in [0.1, 0.15) is 6.04 Å². The fourth-order valence-corrected chi connectivity index (χ4v) is 3.24. The lowest BCUT2D eigenvalue weighted by Crippen LogP contribution is -2.59. The first kappa shape index (κ1) is 14.4. The van der Waals surface area contributed by atoms with Gasteiger partial charge in [-0.2, -0.15) is 0 Å². The Hall–Kier alpha value is -1.06. The van der Waals surface area contributed by atoms with Crippen LogP contribution in [0.5, 0.6) is 0 Å². The summed E-state index contributed by atoms with van der Waals surface area (Å²) in [6.45, 7) is 5.20. The molecule has 4 nitrogen and oxygen atoms in total. The lowest BCUT2D eigenvalue weighted by molar-refractivity contribution is -0.145. The molecule has 1 heterocycles. The molecule has 1 unspecified atom stereocenters. The summed E-state index contributed by atoms with van der Waals surface area (Å²) < 4.78 is 0. The van der Waals surface area contributed by atoms with Crippen molar-refractivity contribution >= 4 is 11.8 Å². The highest BCUT2D eigenvalue weighted by Crippen LogP contribution is 2.25. The van der Waals surface area contributed by atoms with Crippen molar-refractivity contribution in [3.63, 3.8) is 0 Å². The van der Waals surface area contributed by atoms with Gasteiger partial charge in [0.15, 0.2) is 0 Å². The molecule has 1 saturated carbocycles. The van der Waals surface area contributed by atoms with Crippen LogP contribution < -0.4 is 5.32 Å². The standard InChI is InChI=1S/C15H26N2O2/c1-11(2)8-13-15(19)17(10-14(18)16-13)9-12-6-4-3-5-7-12/h11-13H,3-10H2,1-2H3,(H,16,18). The lowest BCUT2D eigenvalue weighted by atomic mass is 9.88. The van der Waals surface area contributed by atoms with Crippen molar-refractivity contribution in [3.8, 4) is 0 Å². The number of carbonyl (C=O) groups excluding carboxylic acids is 2. The molecular weight excluding hydrogens is 240 g/mol. The number of rotatable bonds is 4. The van der Waals surface area contributed by atoms with E-state index in [1.165, 1.54) is 32.1 Å². The van der Waals surface area contributed by atoms with Crippen LogP contribution in [0.15, 0.2) is 0 Å². The molecule has 1 aliphatic carbocycles. The monoisotopic (exact) mass is 266 g/mol. The van der Waals surface area contributed by atoms with Gasteiger partial charge in [0.05, 0.1) is 6.54 Å². The average Bonchev–Trinajstić information content (AvgIpc) is 2.35. The zero-order valence-electron chi connectivity index (χ0n) is 12.2. The molecule has 0 spiro atoms. The number of nitrogens with zero attached hydrogens (tertiary/aromatic N) is 1. The minimum atomic E-state index is -0.301. The van der Waals surface area contributed by atoms with E-state index in [1.807, 2.05) is 0 Å². The van der Waals surface area contributed by atoms with Crippen molar-refractivity contribution < 1.29 is 9.59 Å². The van der Waals surface area contributed by atoms with Crippen molar-refractivity contribution in [2.45, 2.75) is 58.4 Å². The lowest BCUT2D eigenvalue weighted by Gasteiger charge is -2.36. The molecule has 2 fully saturated rings. The van der Waals surface area contributed by atoms with Gasteiger partial charge in [0.2, 0.25) is 11.8 Å². The molecule has 1 aliphatic heterocycles. The molecule has 1 atom stereocenters. The van der Waals surface area contributed by atoms with Crippen LogP contribution in [0.2, 0.25) is 0 Å². The van der Waals surface area contributed by atoms with E-state index >= 15 is 0 Å². The molecule has 19 heavy (non-hydrogen) atoms. The van der Waals surface area contributed by atoms with E-state index in [2.05, 4.69) is 19.2 Å². The topological polar surface area (TPSA) is 49.4 Å². The Morgan fingerprint density at radius 2 is 1.89 bits per heavy atom. The van der Waals surface area contributed by atoms with Crippen LogP contribution in [0.3, 0.4) is 0 Å².